The Bertz CT molecular complexity index is 1120. The summed E-state index contributed by atoms with van der Waals surface area (Å²) < 4.78 is 104. The molecule has 1 N–H and O–H groups in total. The summed E-state index contributed by atoms with van der Waals surface area (Å²) in [6, 6.07) is 2.91. The van der Waals surface area contributed by atoms with E-state index in [4.69, 9.17) is 4.74 Å². The minimum absolute atomic E-state index is 0.0415. The minimum atomic E-state index is -3.29. The molecule has 0 aliphatic carbocycles. The lowest BCUT2D eigenvalue weighted by Gasteiger charge is -2.43. The van der Waals surface area contributed by atoms with Crippen LogP contribution in [0.3, 0.4) is 0 Å². The molecule has 12 heteroatoms. The number of hydrogen-bond donors (Lipinski definition) is 1. The maximum atomic E-state index is 15.6. The Hall–Kier alpha value is -2.60. The van der Waals surface area contributed by atoms with Crippen molar-refractivity contribution in [3.63, 3.8) is 0 Å². The number of carbonyl (C=O) groups excluding carboxylic acids is 1. The molecule has 2 aliphatic heterocycles. The predicted octanol–water partition coefficient (Wildman–Crippen LogP) is 3.88. The molecular weight excluding hydrogens is 486 g/mol. The number of alkyl halides is 3. The summed E-state index contributed by atoms with van der Waals surface area (Å²) in [5.41, 5.74) is -0.430. The van der Waals surface area contributed by atoms with Crippen LogP contribution in [-0.2, 0) is 22.2 Å². The fourth-order valence-corrected chi connectivity index (χ4v) is 5.07. The number of rotatable bonds is 3. The summed E-state index contributed by atoms with van der Waals surface area (Å²) in [4.78, 5) is 14.1. The number of amides is 1. The highest BCUT2D eigenvalue weighted by Crippen LogP contribution is 2.37. The first-order chi connectivity index (χ1) is 16.2. The Morgan fingerprint density at radius 3 is 2.65 bits per heavy atom. The van der Waals surface area contributed by atoms with Crippen molar-refractivity contribution < 1.29 is 40.1 Å². The molecule has 4 atom stereocenters. The smallest absolute Gasteiger partial charge is 0.325 e. The molecule has 1 amide bonds. The Kier molecular flexibility index (Phi) is 7.17. The normalized spacial score (nSPS) is 23.9. The van der Waals surface area contributed by atoms with Crippen LogP contribution >= 0.6 is 0 Å². The first kappa shape index (κ1) is 24.5. The molecule has 184 valence electrons. The van der Waals surface area contributed by atoms with Crippen LogP contribution in [0.4, 0.5) is 26.3 Å². The van der Waals surface area contributed by atoms with Crippen molar-refractivity contribution in [2.45, 2.75) is 43.3 Å². The number of hydrogen-bond acceptors (Lipinski definition) is 3. The number of piperidine rings is 1. The summed E-state index contributed by atoms with van der Waals surface area (Å²) in [6.07, 6.45) is -2.53. The molecule has 1 saturated heterocycles. The maximum Gasteiger partial charge on any atom is 0.325 e. The zero-order valence-electron chi connectivity index (χ0n) is 17.6. The minimum Gasteiger partial charge on any atom is -0.489 e. The molecule has 0 radical (unpaired) electrons. The average Bonchev–Trinajstić information content (AvgIpc) is 2.77. The van der Waals surface area contributed by atoms with E-state index in [9.17, 15) is 31.0 Å². The van der Waals surface area contributed by atoms with Gasteiger partial charge in [-0.1, -0.05) is 18.2 Å². The van der Waals surface area contributed by atoms with Gasteiger partial charge in [0.2, 0.25) is 5.91 Å². The number of ether oxygens (including phenoxy) is 1. The number of benzene rings is 2. The molecule has 5 nitrogen and oxygen atoms in total. The van der Waals surface area contributed by atoms with Gasteiger partial charge in [-0.05, 0) is 24.5 Å². The van der Waals surface area contributed by atoms with Crippen LogP contribution in [-0.4, -0.2) is 52.2 Å². The standard InChI is InChI=1S/C22H20F6N2O3S/c23-12-9-14-13-3-1-2-11(19(13)26)8-17-20(29-34(32)22(27)28)15(24)4-6-30(17)18(31)5-7-33-21(14)16(25)10-12/h1-3,9-10,15,17,20,22,29H,4-8H2. The number of nitrogens with zero attached hydrogens (tertiary/aromatic N) is 1. The number of nitrogens with one attached hydrogen (secondary N) is 1. The molecule has 0 saturated carbocycles. The zero-order valence-corrected chi connectivity index (χ0v) is 18.4. The van der Waals surface area contributed by atoms with Gasteiger partial charge < -0.3 is 9.64 Å². The van der Waals surface area contributed by atoms with E-state index >= 15 is 4.39 Å². The fourth-order valence-electron chi connectivity index (χ4n) is 4.39. The van der Waals surface area contributed by atoms with E-state index in [2.05, 4.69) is 4.72 Å². The van der Waals surface area contributed by atoms with E-state index in [-0.39, 0.29) is 49.1 Å². The number of carbonyl (C=O) groups is 1. The van der Waals surface area contributed by atoms with Crippen LogP contribution in [0.25, 0.3) is 11.1 Å². The molecule has 2 aromatic rings. The van der Waals surface area contributed by atoms with Crippen LogP contribution in [0.1, 0.15) is 18.4 Å². The first-order valence-electron chi connectivity index (χ1n) is 10.5. The Morgan fingerprint density at radius 1 is 1.15 bits per heavy atom. The molecule has 2 bridgehead atoms. The van der Waals surface area contributed by atoms with Crippen LogP contribution in [0.5, 0.6) is 5.75 Å². The van der Waals surface area contributed by atoms with E-state index in [0.717, 1.165) is 6.07 Å². The van der Waals surface area contributed by atoms with Gasteiger partial charge in [-0.15, -0.1) is 0 Å². The quantitative estimate of drug-likeness (QED) is 0.643. The van der Waals surface area contributed by atoms with E-state index in [1.165, 1.54) is 23.1 Å². The monoisotopic (exact) mass is 506 g/mol. The van der Waals surface area contributed by atoms with Crippen molar-refractivity contribution in [3.05, 3.63) is 53.3 Å². The van der Waals surface area contributed by atoms with Gasteiger partial charge in [-0.25, -0.2) is 26.5 Å². The summed E-state index contributed by atoms with van der Waals surface area (Å²) in [7, 11) is -2.90. The second-order valence-electron chi connectivity index (χ2n) is 8.01. The van der Waals surface area contributed by atoms with Gasteiger partial charge in [0, 0.05) is 23.7 Å². The molecule has 0 aromatic heterocycles. The lowest BCUT2D eigenvalue weighted by Crippen LogP contribution is -2.62. The number of fused-ring (bicyclic) bond motifs is 5. The van der Waals surface area contributed by atoms with Gasteiger partial charge in [-0.3, -0.25) is 4.79 Å². The summed E-state index contributed by atoms with van der Waals surface area (Å²) in [6.45, 7) is -0.430. The van der Waals surface area contributed by atoms with Crippen molar-refractivity contribution in [1.82, 2.24) is 9.62 Å². The van der Waals surface area contributed by atoms with E-state index in [1.54, 1.807) is 0 Å². The molecule has 2 aliphatic rings. The van der Waals surface area contributed by atoms with Gasteiger partial charge >= 0.3 is 5.76 Å². The summed E-state index contributed by atoms with van der Waals surface area (Å²) >= 11 is 0. The lowest BCUT2D eigenvalue weighted by molar-refractivity contribution is -0.137. The Labute approximate surface area is 193 Å². The van der Waals surface area contributed by atoms with Crippen molar-refractivity contribution in [2.24, 2.45) is 0 Å². The van der Waals surface area contributed by atoms with Crippen molar-refractivity contribution in [2.75, 3.05) is 13.2 Å². The molecule has 4 unspecified atom stereocenters. The van der Waals surface area contributed by atoms with Gasteiger partial charge in [0.25, 0.3) is 0 Å². The molecule has 2 aromatic carbocycles. The SMILES string of the molecule is O=C1CCOc2c(F)cc(F)cc2-c2cccc(c2F)CC2C(NS(=O)C(F)F)C(F)CCN12. The topological polar surface area (TPSA) is 58.6 Å². The highest BCUT2D eigenvalue weighted by atomic mass is 32.2. The van der Waals surface area contributed by atoms with Gasteiger partial charge in [0.05, 0.1) is 25.1 Å². The number of halogens is 6. The molecule has 34 heavy (non-hydrogen) atoms. The average molecular weight is 506 g/mol. The summed E-state index contributed by atoms with van der Waals surface area (Å²) in [5.74, 6) is -7.20. The second kappa shape index (κ2) is 9.95. The Morgan fingerprint density at radius 2 is 1.91 bits per heavy atom. The van der Waals surface area contributed by atoms with E-state index in [0.29, 0.717) is 6.07 Å². The van der Waals surface area contributed by atoms with Crippen LogP contribution < -0.4 is 9.46 Å². The second-order valence-corrected chi connectivity index (χ2v) is 9.19. The van der Waals surface area contributed by atoms with Gasteiger partial charge in [0.1, 0.15) is 17.8 Å². The van der Waals surface area contributed by atoms with Crippen molar-refractivity contribution >= 4 is 16.9 Å². The molecule has 0 spiro atoms. The molecule has 1 fully saturated rings. The fraction of sp³-hybridized carbons (Fsp3) is 0.409. The highest BCUT2D eigenvalue weighted by Gasteiger charge is 2.42. The highest BCUT2D eigenvalue weighted by molar-refractivity contribution is 7.83. The van der Waals surface area contributed by atoms with Gasteiger partial charge in [-0.2, -0.15) is 8.78 Å². The zero-order chi connectivity index (χ0) is 24.6. The van der Waals surface area contributed by atoms with Crippen molar-refractivity contribution in [3.8, 4) is 16.9 Å². The van der Waals surface area contributed by atoms with Crippen LogP contribution in [0.2, 0.25) is 0 Å². The third-order valence-corrected chi connectivity index (χ3v) is 6.78. The molecule has 2 heterocycles. The van der Waals surface area contributed by atoms with Crippen LogP contribution in [0.15, 0.2) is 30.3 Å². The third kappa shape index (κ3) is 4.78. The molecule has 4 rings (SSSR count). The van der Waals surface area contributed by atoms with Crippen LogP contribution in [0, 0.1) is 17.5 Å². The third-order valence-electron chi connectivity index (χ3n) is 5.95. The first-order valence-corrected chi connectivity index (χ1v) is 11.7. The summed E-state index contributed by atoms with van der Waals surface area (Å²) in [5, 5.41) is 0. The Balaban J connectivity index is 1.82. The maximum absolute atomic E-state index is 15.6. The predicted molar refractivity (Wildman–Crippen MR) is 112 cm³/mol. The van der Waals surface area contributed by atoms with E-state index in [1.807, 2.05) is 0 Å². The van der Waals surface area contributed by atoms with E-state index < -0.39 is 64.1 Å². The van der Waals surface area contributed by atoms with Crippen molar-refractivity contribution in [1.29, 1.82) is 0 Å². The lowest BCUT2D eigenvalue weighted by atomic mass is 9.88. The van der Waals surface area contributed by atoms with Gasteiger partial charge in [0.15, 0.2) is 22.6 Å². The largest absolute Gasteiger partial charge is 0.489 e. The molecular formula is C22H20F6N2O3S.